The molecule has 11 heteroatoms. The normalized spacial score (nSPS) is 16.5. The van der Waals surface area contributed by atoms with E-state index in [2.05, 4.69) is 20.8 Å². The zero-order chi connectivity index (χ0) is 18.7. The largest absolute Gasteiger partial charge is 0.385 e. The number of benzene rings is 1. The lowest BCUT2D eigenvalue weighted by Crippen LogP contribution is -2.28. The van der Waals surface area contributed by atoms with Gasteiger partial charge in [0.1, 0.15) is 12.6 Å². The van der Waals surface area contributed by atoms with Crippen LogP contribution in [0.5, 0.6) is 0 Å². The van der Waals surface area contributed by atoms with Gasteiger partial charge in [-0.25, -0.2) is 13.1 Å². The third-order valence-electron chi connectivity index (χ3n) is 4.05. The molecular formula is C15H20N6O4S. The number of tetrazole rings is 1. The molecule has 1 amide bonds. The van der Waals surface area contributed by atoms with Crippen molar-refractivity contribution in [1.82, 2.24) is 24.5 Å². The minimum absolute atomic E-state index is 0.143. The molecule has 3 rings (SSSR count). The molecule has 1 aliphatic heterocycles. The fraction of sp³-hybridized carbons (Fsp3) is 0.467. The summed E-state index contributed by atoms with van der Waals surface area (Å²) < 4.78 is 27.8. The van der Waals surface area contributed by atoms with Gasteiger partial charge in [0, 0.05) is 18.8 Å². The van der Waals surface area contributed by atoms with E-state index in [1.807, 2.05) is 0 Å². The van der Waals surface area contributed by atoms with Gasteiger partial charge in [0.05, 0.1) is 4.90 Å². The van der Waals surface area contributed by atoms with Crippen molar-refractivity contribution in [3.63, 3.8) is 0 Å². The van der Waals surface area contributed by atoms with Gasteiger partial charge in [0.15, 0.2) is 5.82 Å². The molecule has 0 saturated carbocycles. The maximum absolute atomic E-state index is 12.6. The number of sulfonamides is 1. The Labute approximate surface area is 150 Å². The lowest BCUT2D eigenvalue weighted by atomic mass is 10.3. The number of nitrogens with zero attached hydrogens (tertiary/aromatic N) is 5. The standard InChI is InChI=1S/C15H20N6O4S/c1-11(22)15-17-18-19-21(15)10-14(23)16-12-5-4-6-13(9-12)26(24,25)20-7-2-3-8-20/h4-6,9,11,22H,2-3,7-8,10H2,1H3,(H,16,23)/t11-/m0/s1. The SMILES string of the molecule is C[C@H](O)c1nnnn1CC(=O)Nc1cccc(S(=O)(=O)N2CCCC2)c1. The zero-order valence-corrected chi connectivity index (χ0v) is 15.1. The van der Waals surface area contributed by atoms with E-state index in [1.165, 1.54) is 28.0 Å². The van der Waals surface area contributed by atoms with E-state index in [4.69, 9.17) is 0 Å². The number of aliphatic hydroxyl groups is 1. The Kier molecular flexibility index (Phi) is 5.30. The summed E-state index contributed by atoms with van der Waals surface area (Å²) >= 11 is 0. The molecule has 1 saturated heterocycles. The maximum atomic E-state index is 12.6. The molecule has 0 aliphatic carbocycles. The quantitative estimate of drug-likeness (QED) is 0.729. The second kappa shape index (κ2) is 7.48. The molecule has 0 radical (unpaired) electrons. The van der Waals surface area contributed by atoms with E-state index in [0.717, 1.165) is 12.8 Å². The summed E-state index contributed by atoms with van der Waals surface area (Å²) in [5, 5.41) is 22.9. The van der Waals surface area contributed by atoms with Gasteiger partial charge < -0.3 is 10.4 Å². The maximum Gasteiger partial charge on any atom is 0.246 e. The molecule has 2 N–H and O–H groups in total. The summed E-state index contributed by atoms with van der Waals surface area (Å²) in [5.41, 5.74) is 0.363. The molecule has 1 aliphatic rings. The fourth-order valence-electron chi connectivity index (χ4n) is 2.77. The van der Waals surface area contributed by atoms with Crippen LogP contribution in [0, 0.1) is 0 Å². The van der Waals surface area contributed by atoms with Crippen molar-refractivity contribution in [2.75, 3.05) is 18.4 Å². The molecule has 2 aromatic rings. The monoisotopic (exact) mass is 380 g/mol. The van der Waals surface area contributed by atoms with Crippen LogP contribution in [-0.2, 0) is 21.4 Å². The van der Waals surface area contributed by atoms with Crippen LogP contribution >= 0.6 is 0 Å². The number of rotatable bonds is 6. The third-order valence-corrected chi connectivity index (χ3v) is 5.94. The highest BCUT2D eigenvalue weighted by Crippen LogP contribution is 2.23. The van der Waals surface area contributed by atoms with E-state index in [9.17, 15) is 18.3 Å². The molecule has 1 atom stereocenters. The summed E-state index contributed by atoms with van der Waals surface area (Å²) in [4.78, 5) is 12.3. The number of aliphatic hydroxyl groups excluding tert-OH is 1. The Morgan fingerprint density at radius 3 is 2.77 bits per heavy atom. The van der Waals surface area contributed by atoms with Crippen LogP contribution in [0.4, 0.5) is 5.69 Å². The van der Waals surface area contributed by atoms with Crippen LogP contribution in [0.3, 0.4) is 0 Å². The molecule has 1 fully saturated rings. The third kappa shape index (κ3) is 3.89. The van der Waals surface area contributed by atoms with Gasteiger partial charge >= 0.3 is 0 Å². The van der Waals surface area contributed by atoms with Crippen LogP contribution in [-0.4, -0.2) is 57.0 Å². The highest BCUT2D eigenvalue weighted by atomic mass is 32.2. The number of hydrogen-bond acceptors (Lipinski definition) is 7. The average molecular weight is 380 g/mol. The number of carbonyl (C=O) groups is 1. The Balaban J connectivity index is 1.72. The molecule has 1 aromatic heterocycles. The van der Waals surface area contributed by atoms with E-state index in [-0.39, 0.29) is 17.3 Å². The Morgan fingerprint density at radius 2 is 2.08 bits per heavy atom. The number of aromatic nitrogens is 4. The van der Waals surface area contributed by atoms with Gasteiger partial charge in [0.2, 0.25) is 15.9 Å². The minimum Gasteiger partial charge on any atom is -0.385 e. The molecule has 0 bridgehead atoms. The molecule has 140 valence electrons. The van der Waals surface area contributed by atoms with Gasteiger partial charge in [-0.1, -0.05) is 6.07 Å². The summed E-state index contributed by atoms with van der Waals surface area (Å²) in [7, 11) is -3.55. The number of nitrogens with one attached hydrogen (secondary N) is 1. The van der Waals surface area contributed by atoms with Crippen molar-refractivity contribution in [1.29, 1.82) is 0 Å². The highest BCUT2D eigenvalue weighted by molar-refractivity contribution is 7.89. The lowest BCUT2D eigenvalue weighted by molar-refractivity contribution is -0.117. The number of amides is 1. The molecule has 10 nitrogen and oxygen atoms in total. The summed E-state index contributed by atoms with van der Waals surface area (Å²) in [5.74, 6) is -0.263. The fourth-order valence-corrected chi connectivity index (χ4v) is 4.34. The second-order valence-corrected chi connectivity index (χ2v) is 8.00. The van der Waals surface area contributed by atoms with Crippen LogP contribution in [0.2, 0.25) is 0 Å². The predicted molar refractivity (Wildman–Crippen MR) is 91.5 cm³/mol. The van der Waals surface area contributed by atoms with E-state index < -0.39 is 22.0 Å². The number of carbonyl (C=O) groups excluding carboxylic acids is 1. The van der Waals surface area contributed by atoms with Crippen LogP contribution in [0.15, 0.2) is 29.2 Å². The average Bonchev–Trinajstić information content (AvgIpc) is 3.26. The van der Waals surface area contributed by atoms with Gasteiger partial charge in [0.25, 0.3) is 0 Å². The summed E-state index contributed by atoms with van der Waals surface area (Å²) in [6.07, 6.45) is 0.798. The van der Waals surface area contributed by atoms with Gasteiger partial charge in [-0.2, -0.15) is 4.31 Å². The van der Waals surface area contributed by atoms with E-state index >= 15 is 0 Å². The molecule has 0 unspecified atom stereocenters. The first-order chi connectivity index (χ1) is 12.4. The first-order valence-electron chi connectivity index (χ1n) is 8.22. The van der Waals surface area contributed by atoms with Crippen molar-refractivity contribution < 1.29 is 18.3 Å². The Morgan fingerprint density at radius 1 is 1.35 bits per heavy atom. The van der Waals surface area contributed by atoms with Crippen molar-refractivity contribution in [2.45, 2.75) is 37.3 Å². The van der Waals surface area contributed by atoms with E-state index in [1.54, 1.807) is 12.1 Å². The second-order valence-electron chi connectivity index (χ2n) is 6.06. The highest BCUT2D eigenvalue weighted by Gasteiger charge is 2.27. The van der Waals surface area contributed by atoms with Gasteiger partial charge in [-0.15, -0.1) is 5.10 Å². The summed E-state index contributed by atoms with van der Waals surface area (Å²) in [6, 6.07) is 6.13. The smallest absolute Gasteiger partial charge is 0.246 e. The topological polar surface area (TPSA) is 130 Å². The number of hydrogen-bond donors (Lipinski definition) is 2. The molecule has 26 heavy (non-hydrogen) atoms. The molecular weight excluding hydrogens is 360 g/mol. The zero-order valence-electron chi connectivity index (χ0n) is 14.2. The summed E-state index contributed by atoms with van der Waals surface area (Å²) in [6.45, 7) is 2.32. The lowest BCUT2D eigenvalue weighted by Gasteiger charge is -2.16. The first kappa shape index (κ1) is 18.4. The molecule has 1 aromatic carbocycles. The van der Waals surface area contributed by atoms with Crippen LogP contribution in [0.1, 0.15) is 31.7 Å². The molecule has 2 heterocycles. The van der Waals surface area contributed by atoms with Crippen LogP contribution < -0.4 is 5.32 Å². The van der Waals surface area contributed by atoms with Gasteiger partial charge in [-0.05, 0) is 48.4 Å². The van der Waals surface area contributed by atoms with E-state index in [0.29, 0.717) is 18.8 Å². The van der Waals surface area contributed by atoms with Crippen molar-refractivity contribution >= 4 is 21.6 Å². The first-order valence-corrected chi connectivity index (χ1v) is 9.66. The Bertz CT molecular complexity index is 889. The van der Waals surface area contributed by atoms with Crippen molar-refractivity contribution in [3.05, 3.63) is 30.1 Å². The van der Waals surface area contributed by atoms with Crippen LogP contribution in [0.25, 0.3) is 0 Å². The number of anilines is 1. The molecule has 0 spiro atoms. The van der Waals surface area contributed by atoms with Crippen molar-refractivity contribution in [3.8, 4) is 0 Å². The van der Waals surface area contributed by atoms with Crippen molar-refractivity contribution in [2.24, 2.45) is 0 Å². The Hall–Kier alpha value is -2.37. The van der Waals surface area contributed by atoms with Gasteiger partial charge in [-0.3, -0.25) is 4.79 Å². The minimum atomic E-state index is -3.55. The predicted octanol–water partition coefficient (Wildman–Crippen LogP) is 0.150.